The van der Waals surface area contributed by atoms with Crippen molar-refractivity contribution in [3.05, 3.63) is 53.4 Å². The van der Waals surface area contributed by atoms with E-state index in [2.05, 4.69) is 17.4 Å². The summed E-state index contributed by atoms with van der Waals surface area (Å²) in [6, 6.07) is 15.6. The number of carbonyl (C=O) groups is 1. The molecule has 2 rings (SSSR count). The van der Waals surface area contributed by atoms with Gasteiger partial charge >= 0.3 is 0 Å². The zero-order valence-electron chi connectivity index (χ0n) is 11.0. The summed E-state index contributed by atoms with van der Waals surface area (Å²) in [6.45, 7) is 1.64. The van der Waals surface area contributed by atoms with Crippen molar-refractivity contribution in [1.29, 1.82) is 5.26 Å². The molecule has 0 fully saturated rings. The first-order valence-electron chi connectivity index (χ1n) is 6.22. The molecule has 20 heavy (non-hydrogen) atoms. The van der Waals surface area contributed by atoms with Crippen molar-refractivity contribution in [2.24, 2.45) is 0 Å². The van der Waals surface area contributed by atoms with Gasteiger partial charge in [0.25, 0.3) is 0 Å². The van der Waals surface area contributed by atoms with Gasteiger partial charge < -0.3 is 5.32 Å². The van der Waals surface area contributed by atoms with Crippen LogP contribution in [-0.4, -0.2) is 11.9 Å². The van der Waals surface area contributed by atoms with E-state index in [-0.39, 0.29) is 5.91 Å². The van der Waals surface area contributed by atoms with Gasteiger partial charge in [-0.15, -0.1) is 11.3 Å². The van der Waals surface area contributed by atoms with Gasteiger partial charge in [0.05, 0.1) is 6.07 Å². The Kier molecular flexibility index (Phi) is 4.70. The van der Waals surface area contributed by atoms with Crippen LogP contribution in [0.25, 0.3) is 16.5 Å². The van der Waals surface area contributed by atoms with Crippen LogP contribution in [0.2, 0.25) is 0 Å². The van der Waals surface area contributed by atoms with Crippen molar-refractivity contribution in [3.8, 4) is 16.5 Å². The van der Waals surface area contributed by atoms with Crippen LogP contribution in [-0.2, 0) is 4.79 Å². The summed E-state index contributed by atoms with van der Waals surface area (Å²) in [5, 5.41) is 11.2. The third-order valence-electron chi connectivity index (χ3n) is 2.64. The number of nitrogens with one attached hydrogen (secondary N) is 1. The Labute approximate surface area is 122 Å². The number of nitriles is 1. The lowest BCUT2D eigenvalue weighted by Crippen LogP contribution is -2.29. The van der Waals surface area contributed by atoms with E-state index in [0.717, 1.165) is 9.75 Å². The minimum absolute atomic E-state index is 0.256. The van der Waals surface area contributed by atoms with Crippen LogP contribution in [0.4, 0.5) is 0 Å². The highest BCUT2D eigenvalue weighted by Gasteiger charge is 2.03. The Hall–Kier alpha value is -2.38. The second-order valence-electron chi connectivity index (χ2n) is 4.26. The molecule has 4 heteroatoms. The largest absolute Gasteiger partial charge is 0.337 e. The Bertz CT molecular complexity index is 653. The number of carbonyl (C=O) groups excluding carboxylic acids is 1. The van der Waals surface area contributed by atoms with Crippen LogP contribution in [0.3, 0.4) is 0 Å². The zero-order valence-corrected chi connectivity index (χ0v) is 11.9. The van der Waals surface area contributed by atoms with E-state index in [9.17, 15) is 4.79 Å². The summed E-state index contributed by atoms with van der Waals surface area (Å²) in [7, 11) is 0. The first-order chi connectivity index (χ1) is 9.69. The molecule has 0 spiro atoms. The average Bonchev–Trinajstić information content (AvgIpc) is 2.95. The Morgan fingerprint density at radius 2 is 2.05 bits per heavy atom. The maximum atomic E-state index is 11.5. The standard InChI is InChI=1S/C16H14N2OS/c1-12(11-17)18-16(19)10-8-14-7-9-15(20-14)13-5-3-2-4-6-13/h2-10,12H,1H3,(H,18,19). The minimum Gasteiger partial charge on any atom is -0.337 e. The minimum atomic E-state index is -0.477. The van der Waals surface area contributed by atoms with Gasteiger partial charge in [-0.25, -0.2) is 0 Å². The SMILES string of the molecule is CC(C#N)NC(=O)C=Cc1ccc(-c2ccccc2)s1. The summed E-state index contributed by atoms with van der Waals surface area (Å²) >= 11 is 1.62. The monoisotopic (exact) mass is 282 g/mol. The van der Waals surface area contributed by atoms with E-state index in [1.165, 1.54) is 11.6 Å². The molecule has 0 bridgehead atoms. The van der Waals surface area contributed by atoms with E-state index < -0.39 is 6.04 Å². The van der Waals surface area contributed by atoms with Crippen molar-refractivity contribution in [3.63, 3.8) is 0 Å². The van der Waals surface area contributed by atoms with Crippen molar-refractivity contribution < 1.29 is 4.79 Å². The fraction of sp³-hybridized carbons (Fsp3) is 0.125. The highest BCUT2D eigenvalue weighted by atomic mass is 32.1. The molecule has 0 saturated carbocycles. The molecule has 1 N–H and O–H groups in total. The Morgan fingerprint density at radius 3 is 2.75 bits per heavy atom. The highest BCUT2D eigenvalue weighted by Crippen LogP contribution is 2.28. The molecule has 1 atom stereocenters. The fourth-order valence-corrected chi connectivity index (χ4v) is 2.57. The predicted octanol–water partition coefficient (Wildman–Crippen LogP) is 3.46. The van der Waals surface area contributed by atoms with Gasteiger partial charge in [-0.1, -0.05) is 30.3 Å². The summed E-state index contributed by atoms with van der Waals surface area (Å²) in [5.41, 5.74) is 1.17. The smallest absolute Gasteiger partial charge is 0.245 e. The van der Waals surface area contributed by atoms with E-state index >= 15 is 0 Å². The zero-order chi connectivity index (χ0) is 14.4. The number of amides is 1. The molecule has 0 radical (unpaired) electrons. The summed E-state index contributed by atoms with van der Waals surface area (Å²) in [6.07, 6.45) is 3.21. The molecule has 1 amide bonds. The van der Waals surface area contributed by atoms with Crippen LogP contribution in [0.1, 0.15) is 11.8 Å². The highest BCUT2D eigenvalue weighted by molar-refractivity contribution is 7.16. The van der Waals surface area contributed by atoms with Crippen molar-refractivity contribution in [1.82, 2.24) is 5.32 Å². The summed E-state index contributed by atoms with van der Waals surface area (Å²) < 4.78 is 0. The second kappa shape index (κ2) is 6.69. The number of hydrogen-bond donors (Lipinski definition) is 1. The lowest BCUT2D eigenvalue weighted by molar-refractivity contribution is -0.116. The number of hydrogen-bond acceptors (Lipinski definition) is 3. The Balaban J connectivity index is 2.03. The number of thiophene rings is 1. The predicted molar refractivity (Wildman–Crippen MR) is 82.0 cm³/mol. The van der Waals surface area contributed by atoms with E-state index in [1.54, 1.807) is 24.3 Å². The molecule has 0 aliphatic rings. The summed E-state index contributed by atoms with van der Waals surface area (Å²) in [5.74, 6) is -0.256. The molecular formula is C16H14N2OS. The molecule has 1 unspecified atom stereocenters. The first-order valence-corrected chi connectivity index (χ1v) is 7.04. The van der Waals surface area contributed by atoms with Gasteiger partial charge in [0.1, 0.15) is 6.04 Å². The van der Waals surface area contributed by atoms with Crippen molar-refractivity contribution in [2.75, 3.05) is 0 Å². The molecule has 1 heterocycles. The summed E-state index contributed by atoms with van der Waals surface area (Å²) in [4.78, 5) is 13.7. The van der Waals surface area contributed by atoms with Gasteiger partial charge in [-0.3, -0.25) is 4.79 Å². The molecule has 0 saturated heterocycles. The lowest BCUT2D eigenvalue weighted by Gasteiger charge is -2.01. The second-order valence-corrected chi connectivity index (χ2v) is 5.38. The average molecular weight is 282 g/mol. The topological polar surface area (TPSA) is 52.9 Å². The van der Waals surface area contributed by atoms with Crippen LogP contribution in [0.15, 0.2) is 48.5 Å². The maximum Gasteiger partial charge on any atom is 0.245 e. The quantitative estimate of drug-likeness (QED) is 0.873. The maximum absolute atomic E-state index is 11.5. The number of benzene rings is 1. The number of nitrogens with zero attached hydrogens (tertiary/aromatic N) is 1. The molecule has 1 aromatic carbocycles. The van der Waals surface area contributed by atoms with Crippen molar-refractivity contribution >= 4 is 23.3 Å². The van der Waals surface area contributed by atoms with E-state index in [4.69, 9.17) is 5.26 Å². The van der Waals surface area contributed by atoms with Crippen LogP contribution in [0.5, 0.6) is 0 Å². The van der Waals surface area contributed by atoms with Gasteiger partial charge in [0.15, 0.2) is 0 Å². The Morgan fingerprint density at radius 1 is 1.30 bits per heavy atom. The van der Waals surface area contributed by atoms with E-state index in [0.29, 0.717) is 0 Å². The van der Waals surface area contributed by atoms with Gasteiger partial charge in [0.2, 0.25) is 5.91 Å². The van der Waals surface area contributed by atoms with Crippen LogP contribution in [0, 0.1) is 11.3 Å². The molecule has 3 nitrogen and oxygen atoms in total. The third kappa shape index (κ3) is 3.81. The number of rotatable bonds is 4. The van der Waals surface area contributed by atoms with Crippen molar-refractivity contribution in [2.45, 2.75) is 13.0 Å². The lowest BCUT2D eigenvalue weighted by atomic mass is 10.2. The van der Waals surface area contributed by atoms with E-state index in [1.807, 2.05) is 36.4 Å². The molecule has 1 aromatic heterocycles. The fourth-order valence-electron chi connectivity index (χ4n) is 1.65. The normalized spacial score (nSPS) is 12.0. The molecule has 2 aromatic rings. The molecule has 0 aliphatic carbocycles. The van der Waals surface area contributed by atoms with Gasteiger partial charge in [-0.05, 0) is 30.7 Å². The first kappa shape index (κ1) is 14.0. The van der Waals surface area contributed by atoms with Gasteiger partial charge in [-0.2, -0.15) is 5.26 Å². The third-order valence-corrected chi connectivity index (χ3v) is 3.74. The van der Waals surface area contributed by atoms with Crippen LogP contribution >= 0.6 is 11.3 Å². The van der Waals surface area contributed by atoms with Gasteiger partial charge in [0, 0.05) is 15.8 Å². The molecule has 0 aliphatic heterocycles. The molecular weight excluding hydrogens is 268 g/mol. The molecule has 100 valence electrons. The van der Waals surface area contributed by atoms with Crippen LogP contribution < -0.4 is 5.32 Å².